The van der Waals surface area contributed by atoms with Gasteiger partial charge in [0.05, 0.1) is 19.4 Å². The molecule has 19 heavy (non-hydrogen) atoms. The van der Waals surface area contributed by atoms with E-state index in [-0.39, 0.29) is 17.1 Å². The van der Waals surface area contributed by atoms with Gasteiger partial charge in [-0.3, -0.25) is 9.78 Å². The number of ether oxygens (including phenoxy) is 2. The first-order chi connectivity index (χ1) is 8.78. The number of pyridine rings is 1. The fourth-order valence-corrected chi connectivity index (χ4v) is 1.44. The number of hydrogen-bond acceptors (Lipinski definition) is 5. The standard InChI is InChI=1S/C10H9ClF3NO4/c1-18-7(16)2-5-4-15-6(3-11)8(17)9(5)19-10(12,13)14/h4,17H,2-3H2,1H3. The van der Waals surface area contributed by atoms with Crippen LogP contribution < -0.4 is 4.74 Å². The quantitative estimate of drug-likeness (QED) is 0.681. The summed E-state index contributed by atoms with van der Waals surface area (Å²) in [7, 11) is 1.08. The van der Waals surface area contributed by atoms with Gasteiger partial charge in [-0.2, -0.15) is 0 Å². The zero-order valence-corrected chi connectivity index (χ0v) is 10.4. The second kappa shape index (κ2) is 5.96. The molecule has 0 amide bonds. The minimum atomic E-state index is -5.02. The average Bonchev–Trinajstić information content (AvgIpc) is 2.32. The number of hydrogen-bond donors (Lipinski definition) is 1. The maximum absolute atomic E-state index is 12.3. The maximum Gasteiger partial charge on any atom is 0.573 e. The Kier molecular flexibility index (Phi) is 4.82. The zero-order valence-electron chi connectivity index (χ0n) is 9.62. The number of carbonyl (C=O) groups excluding carboxylic acids is 1. The molecule has 1 rings (SSSR count). The smallest absolute Gasteiger partial charge is 0.503 e. The number of alkyl halides is 4. The van der Waals surface area contributed by atoms with Crippen molar-refractivity contribution in [1.29, 1.82) is 0 Å². The molecule has 1 heterocycles. The second-order valence-electron chi connectivity index (χ2n) is 3.34. The average molecular weight is 300 g/mol. The number of nitrogens with zero attached hydrogens (tertiary/aromatic N) is 1. The molecule has 0 aliphatic rings. The summed E-state index contributed by atoms with van der Waals surface area (Å²) in [6.45, 7) is 0. The van der Waals surface area contributed by atoms with Crippen molar-refractivity contribution >= 4 is 17.6 Å². The Hall–Kier alpha value is -1.70. The number of aromatic nitrogens is 1. The molecule has 0 bridgehead atoms. The fourth-order valence-electron chi connectivity index (χ4n) is 1.24. The van der Waals surface area contributed by atoms with Crippen molar-refractivity contribution in [2.75, 3.05) is 7.11 Å². The van der Waals surface area contributed by atoms with Gasteiger partial charge in [-0.1, -0.05) is 0 Å². The molecule has 1 aromatic rings. The highest BCUT2D eigenvalue weighted by Crippen LogP contribution is 2.37. The Morgan fingerprint density at radius 2 is 2.16 bits per heavy atom. The molecule has 0 atom stereocenters. The van der Waals surface area contributed by atoms with Gasteiger partial charge in [0.15, 0.2) is 11.5 Å². The van der Waals surface area contributed by atoms with Crippen molar-refractivity contribution < 1.29 is 32.5 Å². The first-order valence-corrected chi connectivity index (χ1v) is 5.40. The molecule has 0 unspecified atom stereocenters. The van der Waals surface area contributed by atoms with Gasteiger partial charge in [-0.15, -0.1) is 24.8 Å². The minimum absolute atomic E-state index is 0.186. The van der Waals surface area contributed by atoms with Gasteiger partial charge in [-0.05, 0) is 0 Å². The van der Waals surface area contributed by atoms with Gasteiger partial charge in [-0.25, -0.2) is 0 Å². The van der Waals surface area contributed by atoms with Gasteiger partial charge in [0.1, 0.15) is 5.69 Å². The largest absolute Gasteiger partial charge is 0.573 e. The second-order valence-corrected chi connectivity index (χ2v) is 3.61. The first kappa shape index (κ1) is 15.4. The van der Waals surface area contributed by atoms with Crippen LogP contribution in [0.4, 0.5) is 13.2 Å². The highest BCUT2D eigenvalue weighted by molar-refractivity contribution is 6.17. The third kappa shape index (κ3) is 4.16. The van der Waals surface area contributed by atoms with E-state index in [1.165, 1.54) is 0 Å². The Labute approximate surface area is 110 Å². The van der Waals surface area contributed by atoms with Crippen LogP contribution in [-0.2, 0) is 21.8 Å². The van der Waals surface area contributed by atoms with Crippen LogP contribution in [0.2, 0.25) is 0 Å². The van der Waals surface area contributed by atoms with Crippen molar-refractivity contribution in [3.05, 3.63) is 17.5 Å². The Balaban J connectivity index is 3.22. The van der Waals surface area contributed by atoms with E-state index in [1.807, 2.05) is 0 Å². The first-order valence-electron chi connectivity index (χ1n) is 4.86. The van der Waals surface area contributed by atoms with E-state index in [0.29, 0.717) is 0 Å². The maximum atomic E-state index is 12.3. The van der Waals surface area contributed by atoms with Crippen LogP contribution in [-0.4, -0.2) is 29.5 Å². The number of rotatable bonds is 4. The van der Waals surface area contributed by atoms with Crippen LogP contribution >= 0.6 is 11.6 Å². The summed E-state index contributed by atoms with van der Waals surface area (Å²) in [5, 5.41) is 9.59. The molecule has 0 saturated heterocycles. The van der Waals surface area contributed by atoms with E-state index >= 15 is 0 Å². The van der Waals surface area contributed by atoms with Crippen molar-refractivity contribution in [1.82, 2.24) is 4.98 Å². The summed E-state index contributed by atoms with van der Waals surface area (Å²) in [6.07, 6.45) is -4.58. The summed E-state index contributed by atoms with van der Waals surface area (Å²) < 4.78 is 44.8. The lowest BCUT2D eigenvalue weighted by atomic mass is 10.1. The van der Waals surface area contributed by atoms with Crippen LogP contribution in [0, 0.1) is 0 Å². The number of aromatic hydroxyl groups is 1. The molecule has 0 saturated carbocycles. The molecule has 0 aliphatic carbocycles. The predicted octanol–water partition coefficient (Wildman–Crippen LogP) is 2.14. The van der Waals surface area contributed by atoms with Crippen LogP contribution in [0.25, 0.3) is 0 Å². The third-order valence-electron chi connectivity index (χ3n) is 2.06. The van der Waals surface area contributed by atoms with Crippen molar-refractivity contribution in [3.8, 4) is 11.5 Å². The monoisotopic (exact) mass is 299 g/mol. The molecule has 1 aromatic heterocycles. The summed E-state index contributed by atoms with van der Waals surface area (Å²) in [5.74, 6) is -2.86. The molecule has 1 N–H and O–H groups in total. The van der Waals surface area contributed by atoms with Gasteiger partial charge in [0.25, 0.3) is 0 Å². The van der Waals surface area contributed by atoms with E-state index in [0.717, 1.165) is 13.3 Å². The normalized spacial score (nSPS) is 11.2. The van der Waals surface area contributed by atoms with Gasteiger partial charge < -0.3 is 14.6 Å². The molecule has 0 fully saturated rings. The summed E-state index contributed by atoms with van der Waals surface area (Å²) in [6, 6.07) is 0. The van der Waals surface area contributed by atoms with Crippen LogP contribution in [0.5, 0.6) is 11.5 Å². The molecular formula is C10H9ClF3NO4. The van der Waals surface area contributed by atoms with Crippen LogP contribution in [0.15, 0.2) is 6.20 Å². The Bertz CT molecular complexity index is 479. The molecular weight excluding hydrogens is 291 g/mol. The van der Waals surface area contributed by atoms with E-state index < -0.39 is 30.3 Å². The fraction of sp³-hybridized carbons (Fsp3) is 0.400. The highest BCUT2D eigenvalue weighted by atomic mass is 35.5. The molecule has 106 valence electrons. The number of carbonyl (C=O) groups is 1. The molecule has 5 nitrogen and oxygen atoms in total. The van der Waals surface area contributed by atoms with E-state index in [2.05, 4.69) is 14.5 Å². The summed E-state index contributed by atoms with van der Waals surface area (Å²) in [5.41, 5.74) is -0.440. The molecule has 0 aromatic carbocycles. The van der Waals surface area contributed by atoms with Gasteiger partial charge >= 0.3 is 12.3 Å². The molecule has 9 heteroatoms. The topological polar surface area (TPSA) is 68.7 Å². The SMILES string of the molecule is COC(=O)Cc1cnc(CCl)c(O)c1OC(F)(F)F. The molecule has 0 spiro atoms. The lowest BCUT2D eigenvalue weighted by Crippen LogP contribution is -2.19. The van der Waals surface area contributed by atoms with Gasteiger partial charge in [0, 0.05) is 11.8 Å². The van der Waals surface area contributed by atoms with Crippen molar-refractivity contribution in [2.45, 2.75) is 18.7 Å². The minimum Gasteiger partial charge on any atom is -0.503 e. The van der Waals surface area contributed by atoms with Crippen molar-refractivity contribution in [2.24, 2.45) is 0 Å². The number of methoxy groups -OCH3 is 1. The Morgan fingerprint density at radius 1 is 1.53 bits per heavy atom. The summed E-state index contributed by atoms with van der Waals surface area (Å²) >= 11 is 5.41. The van der Waals surface area contributed by atoms with E-state index in [9.17, 15) is 23.1 Å². The van der Waals surface area contributed by atoms with Crippen molar-refractivity contribution in [3.63, 3.8) is 0 Å². The lowest BCUT2D eigenvalue weighted by Gasteiger charge is -2.15. The molecule has 0 radical (unpaired) electrons. The third-order valence-corrected chi connectivity index (χ3v) is 2.32. The van der Waals surface area contributed by atoms with E-state index in [4.69, 9.17) is 11.6 Å². The van der Waals surface area contributed by atoms with Crippen LogP contribution in [0.1, 0.15) is 11.3 Å². The molecule has 0 aliphatic heterocycles. The van der Waals surface area contributed by atoms with Crippen LogP contribution in [0.3, 0.4) is 0 Å². The highest BCUT2D eigenvalue weighted by Gasteiger charge is 2.34. The number of esters is 1. The Morgan fingerprint density at radius 3 is 2.63 bits per heavy atom. The van der Waals surface area contributed by atoms with Gasteiger partial charge in [0.2, 0.25) is 0 Å². The summed E-state index contributed by atoms with van der Waals surface area (Å²) in [4.78, 5) is 14.7. The zero-order chi connectivity index (χ0) is 14.6. The number of halogens is 4. The predicted molar refractivity (Wildman–Crippen MR) is 57.9 cm³/mol. The van der Waals surface area contributed by atoms with E-state index in [1.54, 1.807) is 0 Å². The lowest BCUT2D eigenvalue weighted by molar-refractivity contribution is -0.275.